The Bertz CT molecular complexity index is 209. The average molecular weight is 257 g/mol. The lowest BCUT2D eigenvalue weighted by molar-refractivity contribution is 0.135. The summed E-state index contributed by atoms with van der Waals surface area (Å²) in [7, 11) is 0. The van der Waals surface area contributed by atoms with Gasteiger partial charge in [0.15, 0.2) is 0 Å². The topological polar surface area (TPSA) is 38.3 Å². The molecule has 0 heterocycles. The summed E-state index contributed by atoms with van der Waals surface area (Å²) in [6.07, 6.45) is 9.78. The number of unbranched alkanes of at least 4 members (excludes halogenated alkanes) is 7. The molecule has 0 atom stereocenters. The summed E-state index contributed by atoms with van der Waals surface area (Å²) in [4.78, 5) is 11.3. The molecule has 0 aliphatic rings. The lowest BCUT2D eigenvalue weighted by Gasteiger charge is -2.19. The van der Waals surface area contributed by atoms with Crippen LogP contribution in [0.2, 0.25) is 0 Å². The molecular formula is C15H31NO2. The molecule has 0 rings (SSSR count). The molecule has 0 saturated carbocycles. The van der Waals surface area contributed by atoms with Crippen molar-refractivity contribution in [3.8, 4) is 0 Å². The fourth-order valence-electron chi connectivity index (χ4n) is 1.74. The fourth-order valence-corrected chi connectivity index (χ4v) is 1.74. The Labute approximate surface area is 113 Å². The first kappa shape index (κ1) is 17.3. The Hall–Kier alpha value is -0.730. The van der Waals surface area contributed by atoms with Gasteiger partial charge in [-0.15, -0.1) is 0 Å². The van der Waals surface area contributed by atoms with Crippen molar-refractivity contribution in [1.82, 2.24) is 5.32 Å². The van der Waals surface area contributed by atoms with Crippen molar-refractivity contribution in [2.45, 2.75) is 84.6 Å². The third-order valence-corrected chi connectivity index (χ3v) is 2.71. The molecule has 0 aromatic heterocycles. The van der Waals surface area contributed by atoms with Crippen LogP contribution in [0.3, 0.4) is 0 Å². The maximum Gasteiger partial charge on any atom is 0.407 e. The highest BCUT2D eigenvalue weighted by Gasteiger charge is 2.13. The van der Waals surface area contributed by atoms with Crippen molar-refractivity contribution in [2.75, 3.05) is 6.61 Å². The van der Waals surface area contributed by atoms with Crippen molar-refractivity contribution in [3.63, 3.8) is 0 Å². The second-order valence-electron chi connectivity index (χ2n) is 5.99. The van der Waals surface area contributed by atoms with E-state index in [1.165, 1.54) is 38.5 Å². The number of rotatable bonds is 9. The first-order valence-corrected chi connectivity index (χ1v) is 7.40. The minimum Gasteiger partial charge on any atom is -0.450 e. The Balaban J connectivity index is 3.23. The smallest absolute Gasteiger partial charge is 0.407 e. The first-order chi connectivity index (χ1) is 8.45. The van der Waals surface area contributed by atoms with Crippen LogP contribution in [-0.4, -0.2) is 18.2 Å². The van der Waals surface area contributed by atoms with Gasteiger partial charge in [-0.1, -0.05) is 51.9 Å². The molecule has 3 nitrogen and oxygen atoms in total. The van der Waals surface area contributed by atoms with Crippen LogP contribution in [-0.2, 0) is 4.74 Å². The highest BCUT2D eigenvalue weighted by Crippen LogP contribution is 2.08. The third-order valence-electron chi connectivity index (χ3n) is 2.71. The average Bonchev–Trinajstić information content (AvgIpc) is 2.24. The van der Waals surface area contributed by atoms with Crippen LogP contribution in [0.1, 0.15) is 79.1 Å². The van der Waals surface area contributed by atoms with Crippen LogP contribution >= 0.6 is 0 Å². The normalized spacial score (nSPS) is 11.3. The van der Waals surface area contributed by atoms with E-state index in [0.717, 1.165) is 12.8 Å². The minimum atomic E-state index is -0.301. The van der Waals surface area contributed by atoms with E-state index in [2.05, 4.69) is 12.2 Å². The zero-order chi connectivity index (χ0) is 13.9. The van der Waals surface area contributed by atoms with Gasteiger partial charge in [0.05, 0.1) is 6.61 Å². The van der Waals surface area contributed by atoms with Gasteiger partial charge in [-0.2, -0.15) is 0 Å². The molecule has 0 spiro atoms. The SMILES string of the molecule is CCCCCCCCCCOC(=O)NC(C)(C)C. The van der Waals surface area contributed by atoms with Gasteiger partial charge in [-0.25, -0.2) is 4.79 Å². The van der Waals surface area contributed by atoms with Crippen molar-refractivity contribution < 1.29 is 9.53 Å². The van der Waals surface area contributed by atoms with Gasteiger partial charge < -0.3 is 10.1 Å². The van der Waals surface area contributed by atoms with Crippen LogP contribution in [0.15, 0.2) is 0 Å². The van der Waals surface area contributed by atoms with E-state index in [0.29, 0.717) is 6.61 Å². The maximum atomic E-state index is 11.3. The summed E-state index contributed by atoms with van der Waals surface area (Å²) in [5.74, 6) is 0. The zero-order valence-electron chi connectivity index (χ0n) is 12.7. The molecule has 0 saturated heterocycles. The summed E-state index contributed by atoms with van der Waals surface area (Å²) < 4.78 is 5.11. The number of carbonyl (C=O) groups excluding carboxylic acids is 1. The van der Waals surface area contributed by atoms with Crippen molar-refractivity contribution in [1.29, 1.82) is 0 Å². The summed E-state index contributed by atoms with van der Waals surface area (Å²) >= 11 is 0. The minimum absolute atomic E-state index is 0.212. The van der Waals surface area contributed by atoms with E-state index < -0.39 is 0 Å². The van der Waals surface area contributed by atoms with Gasteiger partial charge in [0.25, 0.3) is 0 Å². The largest absolute Gasteiger partial charge is 0.450 e. The lowest BCUT2D eigenvalue weighted by Crippen LogP contribution is -2.41. The quantitative estimate of drug-likeness (QED) is 0.610. The fraction of sp³-hybridized carbons (Fsp3) is 0.933. The summed E-state index contributed by atoms with van der Waals surface area (Å²) in [6.45, 7) is 8.62. The number of amides is 1. The van der Waals surface area contributed by atoms with Crippen LogP contribution in [0.4, 0.5) is 4.79 Å². The third kappa shape index (κ3) is 13.3. The summed E-state index contributed by atoms with van der Waals surface area (Å²) in [5, 5.41) is 2.78. The summed E-state index contributed by atoms with van der Waals surface area (Å²) in [6, 6.07) is 0. The number of hydrogen-bond donors (Lipinski definition) is 1. The molecule has 108 valence electrons. The van der Waals surface area contributed by atoms with Crippen molar-refractivity contribution in [2.24, 2.45) is 0 Å². The molecule has 3 heteroatoms. The van der Waals surface area contributed by atoms with Gasteiger partial charge >= 0.3 is 6.09 Å². The number of nitrogens with one attached hydrogen (secondary N) is 1. The predicted molar refractivity (Wildman–Crippen MR) is 76.8 cm³/mol. The van der Waals surface area contributed by atoms with Gasteiger partial charge in [0.1, 0.15) is 0 Å². The molecule has 0 fully saturated rings. The molecule has 0 aliphatic heterocycles. The number of hydrogen-bond acceptors (Lipinski definition) is 2. The number of alkyl carbamates (subject to hydrolysis) is 1. The monoisotopic (exact) mass is 257 g/mol. The standard InChI is InChI=1S/C15H31NO2/c1-5-6-7-8-9-10-11-12-13-18-14(17)16-15(2,3)4/h5-13H2,1-4H3,(H,16,17). The molecule has 0 aliphatic carbocycles. The van der Waals surface area contributed by atoms with E-state index in [1.807, 2.05) is 20.8 Å². The van der Waals surface area contributed by atoms with Gasteiger partial charge in [0, 0.05) is 5.54 Å². The van der Waals surface area contributed by atoms with Crippen LogP contribution in [0.25, 0.3) is 0 Å². The lowest BCUT2D eigenvalue weighted by atomic mass is 10.1. The second-order valence-corrected chi connectivity index (χ2v) is 5.99. The highest BCUT2D eigenvalue weighted by molar-refractivity contribution is 5.67. The Kier molecular flexibility index (Phi) is 9.80. The zero-order valence-corrected chi connectivity index (χ0v) is 12.7. The van der Waals surface area contributed by atoms with Crippen molar-refractivity contribution >= 4 is 6.09 Å². The van der Waals surface area contributed by atoms with Gasteiger partial charge in [-0.05, 0) is 27.2 Å². The van der Waals surface area contributed by atoms with Crippen LogP contribution in [0.5, 0.6) is 0 Å². The highest BCUT2D eigenvalue weighted by atomic mass is 16.5. The van der Waals surface area contributed by atoms with E-state index in [4.69, 9.17) is 4.74 Å². The molecule has 18 heavy (non-hydrogen) atoms. The molecule has 1 amide bonds. The second kappa shape index (κ2) is 10.2. The van der Waals surface area contributed by atoms with Crippen molar-refractivity contribution in [3.05, 3.63) is 0 Å². The maximum absolute atomic E-state index is 11.3. The van der Waals surface area contributed by atoms with Gasteiger partial charge in [0.2, 0.25) is 0 Å². The summed E-state index contributed by atoms with van der Waals surface area (Å²) in [5.41, 5.74) is -0.212. The van der Waals surface area contributed by atoms with Crippen LogP contribution in [0, 0.1) is 0 Å². The number of carbonyl (C=O) groups is 1. The van der Waals surface area contributed by atoms with E-state index in [-0.39, 0.29) is 11.6 Å². The van der Waals surface area contributed by atoms with E-state index in [9.17, 15) is 4.79 Å². The van der Waals surface area contributed by atoms with E-state index in [1.54, 1.807) is 0 Å². The Morgan fingerprint density at radius 1 is 0.944 bits per heavy atom. The molecule has 0 aromatic rings. The van der Waals surface area contributed by atoms with Crippen LogP contribution < -0.4 is 5.32 Å². The molecule has 0 unspecified atom stereocenters. The molecule has 0 radical (unpaired) electrons. The first-order valence-electron chi connectivity index (χ1n) is 7.40. The molecule has 1 N–H and O–H groups in total. The van der Waals surface area contributed by atoms with E-state index >= 15 is 0 Å². The Morgan fingerprint density at radius 3 is 1.94 bits per heavy atom. The number of ether oxygens (including phenoxy) is 1. The van der Waals surface area contributed by atoms with Gasteiger partial charge in [-0.3, -0.25) is 0 Å². The molecule has 0 aromatic carbocycles. The Morgan fingerprint density at radius 2 is 1.44 bits per heavy atom. The predicted octanol–water partition coefficient (Wildman–Crippen LogP) is 4.65. The molecule has 0 bridgehead atoms. The molecular weight excluding hydrogens is 226 g/mol.